The molecule has 6 heteroatoms. The molecule has 0 aliphatic carbocycles. The lowest BCUT2D eigenvalue weighted by atomic mass is 10.4. The Morgan fingerprint density at radius 3 is 2.33 bits per heavy atom. The molecule has 1 saturated heterocycles. The van der Waals surface area contributed by atoms with Gasteiger partial charge in [-0.3, -0.25) is 4.79 Å². The number of alkyl halides is 2. The third kappa shape index (κ3) is 2.12. The second kappa shape index (κ2) is 3.32. The van der Waals surface area contributed by atoms with Gasteiger partial charge in [-0.2, -0.15) is 8.78 Å². The largest absolute Gasteiger partial charge is 0.434 e. The van der Waals surface area contributed by atoms with Crippen molar-refractivity contribution in [1.82, 2.24) is 4.90 Å². The summed E-state index contributed by atoms with van der Waals surface area (Å²) in [5.41, 5.74) is 0. The minimum atomic E-state index is -4.25. The Labute approximate surface area is 67.7 Å². The first-order chi connectivity index (χ1) is 5.52. The Balaban J connectivity index is 2.51. The smallest absolute Gasteiger partial charge is 0.378 e. The molecule has 0 aromatic carbocycles. The van der Waals surface area contributed by atoms with Crippen LogP contribution in [0.3, 0.4) is 0 Å². The zero-order valence-electron chi connectivity index (χ0n) is 6.30. The van der Waals surface area contributed by atoms with Gasteiger partial charge >= 0.3 is 12.0 Å². The number of aliphatic hydroxyl groups is 1. The number of carbonyl (C=O) groups excluding carboxylic acids is 1. The summed E-state index contributed by atoms with van der Waals surface area (Å²) in [6.45, 7) is 0.688. The fourth-order valence-electron chi connectivity index (χ4n) is 0.957. The third-order valence-electron chi connectivity index (χ3n) is 1.56. The standard InChI is InChI=1S/C6H9F2NO3/c7-6(8,11)5(10)9-1-3-12-4-2-9/h11H,1-4H2. The van der Waals surface area contributed by atoms with Gasteiger partial charge in [0.15, 0.2) is 0 Å². The Morgan fingerprint density at radius 2 is 1.92 bits per heavy atom. The highest BCUT2D eigenvalue weighted by Crippen LogP contribution is 2.13. The lowest BCUT2D eigenvalue weighted by Crippen LogP contribution is -2.48. The zero-order chi connectivity index (χ0) is 9.19. The van der Waals surface area contributed by atoms with Crippen LogP contribution in [0.5, 0.6) is 0 Å². The molecular weight excluding hydrogens is 172 g/mol. The fourth-order valence-corrected chi connectivity index (χ4v) is 0.957. The molecule has 12 heavy (non-hydrogen) atoms. The van der Waals surface area contributed by atoms with Gasteiger partial charge in [0.1, 0.15) is 0 Å². The lowest BCUT2D eigenvalue weighted by Gasteiger charge is -2.27. The minimum absolute atomic E-state index is 0.106. The zero-order valence-corrected chi connectivity index (χ0v) is 6.30. The second-order valence-electron chi connectivity index (χ2n) is 2.45. The van der Waals surface area contributed by atoms with Gasteiger partial charge < -0.3 is 14.7 Å². The number of hydrogen-bond donors (Lipinski definition) is 1. The van der Waals surface area contributed by atoms with E-state index < -0.39 is 12.0 Å². The van der Waals surface area contributed by atoms with Crippen molar-refractivity contribution in [2.75, 3.05) is 26.3 Å². The summed E-state index contributed by atoms with van der Waals surface area (Å²) < 4.78 is 28.9. The molecule has 0 spiro atoms. The van der Waals surface area contributed by atoms with Crippen LogP contribution < -0.4 is 0 Å². The Bertz CT molecular complexity index is 174. The Morgan fingerprint density at radius 1 is 1.42 bits per heavy atom. The molecule has 1 rings (SSSR count). The summed E-state index contributed by atoms with van der Waals surface area (Å²) in [5.74, 6) is -1.55. The topological polar surface area (TPSA) is 49.8 Å². The molecule has 1 heterocycles. The number of hydrogen-bond acceptors (Lipinski definition) is 3. The summed E-state index contributed by atoms with van der Waals surface area (Å²) in [5, 5.41) is 8.07. The van der Waals surface area contributed by atoms with Crippen LogP contribution in [0.1, 0.15) is 0 Å². The van der Waals surface area contributed by atoms with Crippen molar-refractivity contribution in [2.24, 2.45) is 0 Å². The second-order valence-corrected chi connectivity index (χ2v) is 2.45. The van der Waals surface area contributed by atoms with Gasteiger partial charge in [0.2, 0.25) is 0 Å². The minimum Gasteiger partial charge on any atom is -0.378 e. The molecular formula is C6H9F2NO3. The predicted octanol–water partition coefficient (Wildman–Crippen LogP) is -0.570. The molecule has 70 valence electrons. The third-order valence-corrected chi connectivity index (χ3v) is 1.56. The summed E-state index contributed by atoms with van der Waals surface area (Å²) in [6, 6.07) is 0. The van der Waals surface area contributed by atoms with Crippen LogP contribution in [-0.4, -0.2) is 48.3 Å². The number of rotatable bonds is 1. The van der Waals surface area contributed by atoms with E-state index in [1.807, 2.05) is 0 Å². The van der Waals surface area contributed by atoms with Crippen LogP contribution in [0.25, 0.3) is 0 Å². The Kier molecular flexibility index (Phi) is 2.58. The molecule has 0 aromatic heterocycles. The molecule has 1 aliphatic rings. The quantitative estimate of drug-likeness (QED) is 0.589. The van der Waals surface area contributed by atoms with Crippen molar-refractivity contribution >= 4 is 5.91 Å². The summed E-state index contributed by atoms with van der Waals surface area (Å²) >= 11 is 0. The number of nitrogens with zero attached hydrogens (tertiary/aromatic N) is 1. The first kappa shape index (κ1) is 9.34. The molecule has 0 radical (unpaired) electrons. The molecule has 0 bridgehead atoms. The SMILES string of the molecule is O=C(N1CCOCC1)C(O)(F)F. The van der Waals surface area contributed by atoms with E-state index in [1.54, 1.807) is 0 Å². The average molecular weight is 181 g/mol. The first-order valence-electron chi connectivity index (χ1n) is 3.49. The molecule has 0 unspecified atom stereocenters. The molecule has 4 nitrogen and oxygen atoms in total. The normalized spacial score (nSPS) is 19.4. The summed E-state index contributed by atoms with van der Waals surface area (Å²) in [4.78, 5) is 11.6. The van der Waals surface area contributed by atoms with E-state index in [-0.39, 0.29) is 26.3 Å². The van der Waals surface area contributed by atoms with Crippen molar-refractivity contribution in [2.45, 2.75) is 6.11 Å². The molecule has 1 amide bonds. The van der Waals surface area contributed by atoms with Crippen LogP contribution in [0.2, 0.25) is 0 Å². The van der Waals surface area contributed by atoms with Gasteiger partial charge in [0.25, 0.3) is 0 Å². The van der Waals surface area contributed by atoms with E-state index in [0.717, 1.165) is 4.90 Å². The van der Waals surface area contributed by atoms with Crippen molar-refractivity contribution in [1.29, 1.82) is 0 Å². The van der Waals surface area contributed by atoms with E-state index in [2.05, 4.69) is 0 Å². The van der Waals surface area contributed by atoms with Gasteiger partial charge in [-0.15, -0.1) is 0 Å². The maximum absolute atomic E-state index is 12.0. The van der Waals surface area contributed by atoms with E-state index in [4.69, 9.17) is 9.84 Å². The van der Waals surface area contributed by atoms with E-state index in [0.29, 0.717) is 0 Å². The van der Waals surface area contributed by atoms with Crippen LogP contribution in [-0.2, 0) is 9.53 Å². The predicted molar refractivity (Wildman–Crippen MR) is 34.6 cm³/mol. The molecule has 1 N–H and O–H groups in total. The van der Waals surface area contributed by atoms with Gasteiger partial charge in [0.05, 0.1) is 13.2 Å². The molecule has 0 saturated carbocycles. The van der Waals surface area contributed by atoms with E-state index >= 15 is 0 Å². The van der Waals surface area contributed by atoms with Crippen LogP contribution in [0, 0.1) is 0 Å². The fraction of sp³-hybridized carbons (Fsp3) is 0.833. The number of ether oxygens (including phenoxy) is 1. The highest BCUT2D eigenvalue weighted by molar-refractivity contribution is 5.81. The lowest BCUT2D eigenvalue weighted by molar-refractivity contribution is -0.218. The van der Waals surface area contributed by atoms with Crippen LogP contribution in [0.15, 0.2) is 0 Å². The number of amides is 1. The van der Waals surface area contributed by atoms with Crippen molar-refractivity contribution < 1.29 is 23.4 Å². The van der Waals surface area contributed by atoms with Crippen molar-refractivity contribution in [3.63, 3.8) is 0 Å². The molecule has 0 aromatic rings. The van der Waals surface area contributed by atoms with E-state index in [9.17, 15) is 13.6 Å². The van der Waals surface area contributed by atoms with Gasteiger partial charge in [-0.05, 0) is 0 Å². The first-order valence-corrected chi connectivity index (χ1v) is 3.49. The maximum atomic E-state index is 12.0. The van der Waals surface area contributed by atoms with Crippen LogP contribution >= 0.6 is 0 Å². The highest BCUT2D eigenvalue weighted by Gasteiger charge is 2.40. The van der Waals surface area contributed by atoms with Crippen LogP contribution in [0.4, 0.5) is 8.78 Å². The molecule has 0 atom stereocenters. The van der Waals surface area contributed by atoms with Crippen molar-refractivity contribution in [3.8, 4) is 0 Å². The highest BCUT2D eigenvalue weighted by atomic mass is 19.3. The summed E-state index contributed by atoms with van der Waals surface area (Å²) in [6.07, 6.45) is -4.25. The average Bonchev–Trinajstić information content (AvgIpc) is 2.03. The number of halogens is 2. The van der Waals surface area contributed by atoms with E-state index in [1.165, 1.54) is 0 Å². The Hall–Kier alpha value is -0.750. The van der Waals surface area contributed by atoms with Gasteiger partial charge in [-0.25, -0.2) is 0 Å². The number of carbonyl (C=O) groups is 1. The molecule has 1 aliphatic heterocycles. The number of morpholine rings is 1. The monoisotopic (exact) mass is 181 g/mol. The molecule has 1 fully saturated rings. The van der Waals surface area contributed by atoms with Gasteiger partial charge in [0, 0.05) is 13.1 Å². The van der Waals surface area contributed by atoms with Crippen molar-refractivity contribution in [3.05, 3.63) is 0 Å². The summed E-state index contributed by atoms with van der Waals surface area (Å²) in [7, 11) is 0. The van der Waals surface area contributed by atoms with Gasteiger partial charge in [-0.1, -0.05) is 0 Å². The maximum Gasteiger partial charge on any atom is 0.434 e.